The highest BCUT2D eigenvalue weighted by atomic mass is 16.5. The predicted octanol–water partition coefficient (Wildman–Crippen LogP) is 3.15. The first-order valence-corrected chi connectivity index (χ1v) is 8.34. The second-order valence-electron chi connectivity index (χ2n) is 6.42. The van der Waals surface area contributed by atoms with Crippen LogP contribution in [0.25, 0.3) is 28.5 Å². The van der Waals surface area contributed by atoms with Crippen molar-refractivity contribution < 1.29 is 9.15 Å². The maximum absolute atomic E-state index is 5.72. The maximum Gasteiger partial charge on any atom is 0.247 e. The van der Waals surface area contributed by atoms with E-state index in [2.05, 4.69) is 19.6 Å². The highest BCUT2D eigenvalue weighted by molar-refractivity contribution is 5.77. The zero-order chi connectivity index (χ0) is 17.8. The zero-order valence-corrected chi connectivity index (χ0v) is 14.7. The van der Waals surface area contributed by atoms with Gasteiger partial charge in [0.25, 0.3) is 0 Å². The van der Waals surface area contributed by atoms with Crippen molar-refractivity contribution in [2.24, 2.45) is 7.05 Å². The van der Waals surface area contributed by atoms with Crippen LogP contribution in [0, 0.1) is 6.92 Å². The summed E-state index contributed by atoms with van der Waals surface area (Å²) in [6, 6.07) is 6.00. The monoisotopic (exact) mass is 347 g/mol. The lowest BCUT2D eigenvalue weighted by atomic mass is 10.0. The van der Waals surface area contributed by atoms with Gasteiger partial charge in [-0.1, -0.05) is 0 Å². The molecular formula is C19H17N5O2. The number of methoxy groups -OCH3 is 1. The van der Waals surface area contributed by atoms with Crippen molar-refractivity contribution in [3.8, 4) is 34.3 Å². The number of aromatic nitrogens is 5. The van der Waals surface area contributed by atoms with Crippen molar-refractivity contribution in [3.63, 3.8) is 0 Å². The third-order valence-electron chi connectivity index (χ3n) is 4.67. The number of fused-ring (bicyclic) bond motifs is 5. The molecule has 26 heavy (non-hydrogen) atoms. The van der Waals surface area contributed by atoms with Gasteiger partial charge in [-0.2, -0.15) is 5.10 Å². The topological polar surface area (TPSA) is 70.9 Å². The van der Waals surface area contributed by atoms with Crippen molar-refractivity contribution in [2.45, 2.75) is 13.3 Å². The lowest BCUT2D eigenvalue weighted by Crippen LogP contribution is -2.00. The van der Waals surface area contributed by atoms with E-state index in [4.69, 9.17) is 9.15 Å². The van der Waals surface area contributed by atoms with Crippen molar-refractivity contribution in [2.75, 3.05) is 7.11 Å². The molecule has 4 aromatic rings. The molecule has 1 aliphatic rings. The van der Waals surface area contributed by atoms with E-state index in [1.54, 1.807) is 13.3 Å². The smallest absolute Gasteiger partial charge is 0.247 e. The number of hydrogen-bond donors (Lipinski definition) is 0. The molecule has 0 bridgehead atoms. The van der Waals surface area contributed by atoms with Gasteiger partial charge in [0.15, 0.2) is 0 Å². The molecule has 0 radical (unpaired) electrons. The summed E-state index contributed by atoms with van der Waals surface area (Å²) in [4.78, 5) is 8.95. The molecule has 130 valence electrons. The SMILES string of the molecule is COc1ccc2c(c1)-c1nn(C)cc1Cc1c(-c3ncc(C)o3)ncn1-2. The fourth-order valence-electron chi connectivity index (χ4n) is 3.51. The molecule has 0 saturated carbocycles. The molecule has 0 unspecified atom stereocenters. The Morgan fingerprint density at radius 2 is 2.08 bits per heavy atom. The van der Waals surface area contributed by atoms with Gasteiger partial charge in [0.2, 0.25) is 5.89 Å². The number of benzene rings is 1. The first kappa shape index (κ1) is 14.9. The van der Waals surface area contributed by atoms with Gasteiger partial charge >= 0.3 is 0 Å². The molecule has 7 heteroatoms. The normalized spacial score (nSPS) is 12.3. The van der Waals surface area contributed by atoms with Crippen LogP contribution in [-0.4, -0.2) is 31.4 Å². The van der Waals surface area contributed by atoms with E-state index in [1.165, 1.54) is 0 Å². The van der Waals surface area contributed by atoms with Crippen molar-refractivity contribution >= 4 is 0 Å². The lowest BCUT2D eigenvalue weighted by molar-refractivity contribution is 0.415. The Kier molecular flexibility index (Phi) is 3.06. The summed E-state index contributed by atoms with van der Waals surface area (Å²) in [7, 11) is 3.60. The number of hydrogen-bond acceptors (Lipinski definition) is 5. The van der Waals surface area contributed by atoms with Gasteiger partial charge < -0.3 is 13.7 Å². The van der Waals surface area contributed by atoms with Gasteiger partial charge in [-0.15, -0.1) is 0 Å². The van der Waals surface area contributed by atoms with Gasteiger partial charge in [-0.05, 0) is 25.1 Å². The molecule has 7 nitrogen and oxygen atoms in total. The highest BCUT2D eigenvalue weighted by Gasteiger charge is 2.26. The Bertz CT molecular complexity index is 1130. The van der Waals surface area contributed by atoms with Crippen LogP contribution in [0.4, 0.5) is 0 Å². The molecule has 4 heterocycles. The molecule has 3 aromatic heterocycles. The van der Waals surface area contributed by atoms with Crippen LogP contribution in [0.15, 0.2) is 41.3 Å². The second kappa shape index (κ2) is 5.32. The van der Waals surface area contributed by atoms with Gasteiger partial charge in [0.1, 0.15) is 23.5 Å². The van der Waals surface area contributed by atoms with Crippen molar-refractivity contribution in [1.29, 1.82) is 0 Å². The average Bonchev–Trinajstić information content (AvgIpc) is 3.32. The summed E-state index contributed by atoms with van der Waals surface area (Å²) < 4.78 is 15.1. The molecule has 0 saturated heterocycles. The van der Waals surface area contributed by atoms with E-state index >= 15 is 0 Å². The molecule has 0 amide bonds. The second-order valence-corrected chi connectivity index (χ2v) is 6.42. The van der Waals surface area contributed by atoms with E-state index in [1.807, 2.05) is 49.4 Å². The number of aryl methyl sites for hydroxylation is 2. The lowest BCUT2D eigenvalue weighted by Gasteiger charge is -2.11. The largest absolute Gasteiger partial charge is 0.497 e. The van der Waals surface area contributed by atoms with E-state index in [9.17, 15) is 0 Å². The van der Waals surface area contributed by atoms with Crippen LogP contribution >= 0.6 is 0 Å². The molecule has 1 aliphatic heterocycles. The first-order chi connectivity index (χ1) is 12.6. The summed E-state index contributed by atoms with van der Waals surface area (Å²) in [5.74, 6) is 2.11. The fourth-order valence-corrected chi connectivity index (χ4v) is 3.51. The van der Waals surface area contributed by atoms with Crippen LogP contribution in [0.5, 0.6) is 5.75 Å². The number of nitrogens with zero attached hydrogens (tertiary/aromatic N) is 5. The molecule has 5 rings (SSSR count). The van der Waals surface area contributed by atoms with Gasteiger partial charge in [-0.3, -0.25) is 4.68 Å². The Labute approximate surface area is 149 Å². The third kappa shape index (κ3) is 2.10. The van der Waals surface area contributed by atoms with Gasteiger partial charge in [0.05, 0.1) is 30.4 Å². The van der Waals surface area contributed by atoms with Gasteiger partial charge in [-0.25, -0.2) is 9.97 Å². The zero-order valence-electron chi connectivity index (χ0n) is 14.7. The Hall–Kier alpha value is -3.35. The Balaban J connectivity index is 1.80. The molecule has 0 atom stereocenters. The Morgan fingerprint density at radius 3 is 2.85 bits per heavy atom. The van der Waals surface area contributed by atoms with Crippen molar-refractivity contribution in [3.05, 3.63) is 53.9 Å². The standard InChI is InChI=1S/C19H17N5O2/c1-11-8-20-19(26-11)18-16-6-12-9-23(2)22-17(12)14-7-13(25-3)4-5-15(14)24(16)10-21-18/h4-5,7-10H,6H2,1-3H3. The number of oxazole rings is 1. The van der Waals surface area contributed by atoms with Crippen molar-refractivity contribution in [1.82, 2.24) is 24.3 Å². The molecule has 0 fully saturated rings. The van der Waals surface area contributed by atoms with Crippen LogP contribution < -0.4 is 4.74 Å². The van der Waals surface area contributed by atoms with Crippen LogP contribution in [0.2, 0.25) is 0 Å². The summed E-state index contributed by atoms with van der Waals surface area (Å²) in [5.41, 5.74) is 5.92. The Morgan fingerprint density at radius 1 is 1.19 bits per heavy atom. The minimum Gasteiger partial charge on any atom is -0.497 e. The summed E-state index contributed by atoms with van der Waals surface area (Å²) in [6.07, 6.45) is 6.27. The van der Waals surface area contributed by atoms with Crippen LogP contribution in [0.3, 0.4) is 0 Å². The minimum atomic E-state index is 0.540. The number of ether oxygens (including phenoxy) is 1. The van der Waals surface area contributed by atoms with Crippen LogP contribution in [0.1, 0.15) is 17.0 Å². The van der Waals surface area contributed by atoms with Crippen LogP contribution in [-0.2, 0) is 13.5 Å². The predicted molar refractivity (Wildman–Crippen MR) is 95.4 cm³/mol. The maximum atomic E-state index is 5.72. The highest BCUT2D eigenvalue weighted by Crippen LogP contribution is 2.38. The van der Waals surface area contributed by atoms with E-state index in [0.29, 0.717) is 12.3 Å². The third-order valence-corrected chi connectivity index (χ3v) is 4.67. The first-order valence-electron chi connectivity index (χ1n) is 8.34. The fraction of sp³-hybridized carbons (Fsp3) is 0.211. The quantitative estimate of drug-likeness (QED) is 0.490. The number of imidazole rings is 1. The van der Waals surface area contributed by atoms with E-state index < -0.39 is 0 Å². The molecule has 0 aliphatic carbocycles. The minimum absolute atomic E-state index is 0.540. The molecule has 0 spiro atoms. The van der Waals surface area contributed by atoms with E-state index in [0.717, 1.165) is 45.4 Å². The summed E-state index contributed by atoms with van der Waals surface area (Å²) >= 11 is 0. The van der Waals surface area contributed by atoms with E-state index in [-0.39, 0.29) is 0 Å². The molecule has 1 aromatic carbocycles. The average molecular weight is 347 g/mol. The molecular weight excluding hydrogens is 330 g/mol. The van der Waals surface area contributed by atoms with Gasteiger partial charge in [0, 0.05) is 30.8 Å². The number of rotatable bonds is 2. The molecule has 0 N–H and O–H groups in total. The summed E-state index contributed by atoms with van der Waals surface area (Å²) in [6.45, 7) is 1.88. The summed E-state index contributed by atoms with van der Waals surface area (Å²) in [5, 5.41) is 4.69.